The van der Waals surface area contributed by atoms with E-state index in [1.54, 1.807) is 6.07 Å². The van der Waals surface area contributed by atoms with Crippen molar-refractivity contribution in [2.24, 2.45) is 0 Å². The second kappa shape index (κ2) is 3.61. The predicted molar refractivity (Wildman–Crippen MR) is 62.7 cm³/mol. The third-order valence-corrected chi connectivity index (χ3v) is 3.74. The molecule has 16 heavy (non-hydrogen) atoms. The Hall–Kier alpha value is -1.33. The summed E-state index contributed by atoms with van der Waals surface area (Å²) in [6.45, 7) is 0. The van der Waals surface area contributed by atoms with Crippen molar-refractivity contribution in [3.63, 3.8) is 0 Å². The van der Waals surface area contributed by atoms with Gasteiger partial charge in [0.1, 0.15) is 0 Å². The van der Waals surface area contributed by atoms with E-state index in [9.17, 15) is 13.2 Å². The topological polar surface area (TPSA) is 67.0 Å². The third-order valence-electron chi connectivity index (χ3n) is 2.18. The molecule has 4 nitrogen and oxygen atoms in total. The zero-order valence-corrected chi connectivity index (χ0v) is 9.89. The molecule has 0 bridgehead atoms. The average molecular weight is 258 g/mol. The van der Waals surface area contributed by atoms with Gasteiger partial charge in [-0.2, -0.15) is 0 Å². The fourth-order valence-electron chi connectivity index (χ4n) is 1.44. The summed E-state index contributed by atoms with van der Waals surface area (Å²) in [5.74, 6) is 0. The van der Waals surface area contributed by atoms with Crippen molar-refractivity contribution < 1.29 is 8.42 Å². The van der Waals surface area contributed by atoms with Crippen LogP contribution in [-0.2, 0) is 9.84 Å². The van der Waals surface area contributed by atoms with Crippen LogP contribution in [0.15, 0.2) is 34.0 Å². The molecule has 1 N–H and O–H groups in total. The number of benzene rings is 1. The summed E-state index contributed by atoms with van der Waals surface area (Å²) in [4.78, 5) is 13.7. The second-order valence-electron chi connectivity index (χ2n) is 3.46. The van der Waals surface area contributed by atoms with Crippen LogP contribution in [-0.4, -0.2) is 19.7 Å². The van der Waals surface area contributed by atoms with Gasteiger partial charge in [0.2, 0.25) is 5.56 Å². The summed E-state index contributed by atoms with van der Waals surface area (Å²) >= 11 is 5.84. The molecule has 6 heteroatoms. The van der Waals surface area contributed by atoms with Crippen LogP contribution >= 0.6 is 11.6 Å². The lowest BCUT2D eigenvalue weighted by atomic mass is 10.2. The summed E-state index contributed by atoms with van der Waals surface area (Å²) < 4.78 is 22.8. The Balaban J connectivity index is 2.88. The molecule has 0 fully saturated rings. The normalized spacial score (nSPS) is 11.9. The highest BCUT2D eigenvalue weighted by molar-refractivity contribution is 7.90. The van der Waals surface area contributed by atoms with Gasteiger partial charge in [0.15, 0.2) is 9.84 Å². The van der Waals surface area contributed by atoms with Crippen molar-refractivity contribution in [3.05, 3.63) is 39.6 Å². The number of sulfone groups is 1. The van der Waals surface area contributed by atoms with Gasteiger partial charge in [-0.3, -0.25) is 4.79 Å². The fraction of sp³-hybridized carbons (Fsp3) is 0.100. The minimum atomic E-state index is -3.36. The van der Waals surface area contributed by atoms with Crippen LogP contribution in [0.3, 0.4) is 0 Å². The molecule has 0 saturated carbocycles. The first kappa shape index (κ1) is 11.2. The van der Waals surface area contributed by atoms with E-state index in [1.807, 2.05) is 0 Å². The second-order valence-corrected chi connectivity index (χ2v) is 5.86. The number of hydrogen-bond acceptors (Lipinski definition) is 3. The molecular formula is C10H8ClNO3S. The van der Waals surface area contributed by atoms with Gasteiger partial charge in [0, 0.05) is 17.8 Å². The van der Waals surface area contributed by atoms with Crippen LogP contribution in [0.4, 0.5) is 0 Å². The molecule has 0 atom stereocenters. The zero-order chi connectivity index (χ0) is 11.9. The van der Waals surface area contributed by atoms with Crippen LogP contribution in [0, 0.1) is 0 Å². The molecule has 0 aliphatic heterocycles. The van der Waals surface area contributed by atoms with Crippen molar-refractivity contribution in [3.8, 4) is 0 Å². The van der Waals surface area contributed by atoms with Crippen molar-refractivity contribution in [2.75, 3.05) is 6.26 Å². The Labute approximate surface area is 96.8 Å². The quantitative estimate of drug-likeness (QED) is 0.844. The molecule has 0 amide bonds. The van der Waals surface area contributed by atoms with E-state index in [0.29, 0.717) is 10.9 Å². The highest BCUT2D eigenvalue weighted by atomic mass is 35.5. The molecule has 0 saturated heterocycles. The van der Waals surface area contributed by atoms with Gasteiger partial charge < -0.3 is 4.98 Å². The molecular weight excluding hydrogens is 250 g/mol. The van der Waals surface area contributed by atoms with E-state index >= 15 is 0 Å². The van der Waals surface area contributed by atoms with E-state index in [-0.39, 0.29) is 15.5 Å². The van der Waals surface area contributed by atoms with Crippen molar-refractivity contribution in [1.29, 1.82) is 0 Å². The van der Waals surface area contributed by atoms with Crippen LogP contribution in [0.25, 0.3) is 10.9 Å². The van der Waals surface area contributed by atoms with Crippen molar-refractivity contribution in [2.45, 2.75) is 4.90 Å². The highest BCUT2D eigenvalue weighted by Crippen LogP contribution is 2.25. The Morgan fingerprint density at radius 3 is 2.56 bits per heavy atom. The molecule has 1 aromatic heterocycles. The Morgan fingerprint density at radius 1 is 1.25 bits per heavy atom. The summed E-state index contributed by atoms with van der Waals surface area (Å²) in [5, 5.41) is 0.737. The lowest BCUT2D eigenvalue weighted by Gasteiger charge is -2.04. The number of halogens is 1. The Morgan fingerprint density at radius 2 is 1.94 bits per heavy atom. The predicted octanol–water partition coefficient (Wildman–Crippen LogP) is 1.59. The Bertz CT molecular complexity index is 718. The Kier molecular flexibility index (Phi) is 2.52. The molecule has 0 aliphatic carbocycles. The van der Waals surface area contributed by atoms with Gasteiger partial charge in [-0.25, -0.2) is 8.42 Å². The lowest BCUT2D eigenvalue weighted by Crippen LogP contribution is -2.04. The standard InChI is InChI=1S/C10H8ClNO3S/c1-16(14,15)9-4-6-2-3-10(13)12-8(6)5-7(9)11/h2-5H,1H3,(H,12,13). The molecule has 0 unspecified atom stereocenters. The van der Waals surface area contributed by atoms with E-state index in [1.165, 1.54) is 18.2 Å². The molecule has 84 valence electrons. The SMILES string of the molecule is CS(=O)(=O)c1cc2ccc(=O)[nH]c2cc1Cl. The first-order chi connectivity index (χ1) is 7.38. The number of aromatic nitrogens is 1. The van der Waals surface area contributed by atoms with Crippen LogP contribution in [0.5, 0.6) is 0 Å². The van der Waals surface area contributed by atoms with Gasteiger partial charge in [0.05, 0.1) is 9.92 Å². The number of nitrogens with one attached hydrogen (secondary N) is 1. The molecule has 1 heterocycles. The van der Waals surface area contributed by atoms with Crippen LogP contribution in [0.2, 0.25) is 5.02 Å². The molecule has 0 radical (unpaired) electrons. The maximum absolute atomic E-state index is 11.4. The first-order valence-corrected chi connectivity index (χ1v) is 6.67. The number of fused-ring (bicyclic) bond motifs is 1. The maximum Gasteiger partial charge on any atom is 0.248 e. The zero-order valence-electron chi connectivity index (χ0n) is 8.32. The minimum absolute atomic E-state index is 0.0636. The van der Waals surface area contributed by atoms with E-state index < -0.39 is 9.84 Å². The first-order valence-electron chi connectivity index (χ1n) is 4.40. The number of rotatable bonds is 1. The van der Waals surface area contributed by atoms with Crippen LogP contribution < -0.4 is 5.56 Å². The van der Waals surface area contributed by atoms with Gasteiger partial charge in [-0.15, -0.1) is 0 Å². The van der Waals surface area contributed by atoms with Gasteiger partial charge in [-0.1, -0.05) is 11.6 Å². The van der Waals surface area contributed by atoms with Crippen LogP contribution in [0.1, 0.15) is 0 Å². The summed E-state index contributed by atoms with van der Waals surface area (Å²) in [6.07, 6.45) is 1.09. The third kappa shape index (κ3) is 1.96. The number of aromatic amines is 1. The van der Waals surface area contributed by atoms with Gasteiger partial charge >= 0.3 is 0 Å². The smallest absolute Gasteiger partial charge is 0.248 e. The van der Waals surface area contributed by atoms with Gasteiger partial charge in [0.25, 0.3) is 0 Å². The molecule has 1 aromatic carbocycles. The van der Waals surface area contributed by atoms with E-state index in [4.69, 9.17) is 11.6 Å². The number of pyridine rings is 1. The van der Waals surface area contributed by atoms with E-state index in [2.05, 4.69) is 4.98 Å². The number of H-pyrrole nitrogens is 1. The monoisotopic (exact) mass is 257 g/mol. The summed E-state index contributed by atoms with van der Waals surface area (Å²) in [7, 11) is -3.36. The fourth-order valence-corrected chi connectivity index (χ4v) is 2.78. The van der Waals surface area contributed by atoms with Crippen molar-refractivity contribution in [1.82, 2.24) is 4.98 Å². The lowest BCUT2D eigenvalue weighted by molar-refractivity contribution is 0.602. The largest absolute Gasteiger partial charge is 0.322 e. The molecule has 0 spiro atoms. The van der Waals surface area contributed by atoms with Gasteiger partial charge in [-0.05, 0) is 23.6 Å². The summed E-state index contributed by atoms with van der Waals surface area (Å²) in [6, 6.07) is 5.78. The van der Waals surface area contributed by atoms with Crippen molar-refractivity contribution >= 4 is 32.3 Å². The highest BCUT2D eigenvalue weighted by Gasteiger charge is 2.13. The molecule has 2 aromatic rings. The van der Waals surface area contributed by atoms with E-state index in [0.717, 1.165) is 6.26 Å². The minimum Gasteiger partial charge on any atom is -0.322 e. The maximum atomic E-state index is 11.4. The molecule has 0 aliphatic rings. The molecule has 2 rings (SSSR count). The summed E-state index contributed by atoms with van der Waals surface area (Å²) in [5.41, 5.74) is 0.264. The number of hydrogen-bond donors (Lipinski definition) is 1. The average Bonchev–Trinajstić information content (AvgIpc) is 2.14.